The highest BCUT2D eigenvalue weighted by molar-refractivity contribution is 4.90. The van der Waals surface area contributed by atoms with Gasteiger partial charge in [-0.2, -0.15) is 0 Å². The SMILES string of the molecule is CCC1CCN(C2CCC(C)C(C)C2)C(CN)C1. The third kappa shape index (κ3) is 3.08. The summed E-state index contributed by atoms with van der Waals surface area (Å²) < 4.78 is 0. The highest BCUT2D eigenvalue weighted by atomic mass is 15.2. The number of piperidine rings is 1. The molecule has 106 valence electrons. The summed E-state index contributed by atoms with van der Waals surface area (Å²) in [6.07, 6.45) is 8.29. The minimum atomic E-state index is 0.661. The standard InChI is InChI=1S/C16H32N2/c1-4-14-7-8-18(16(10-14)11-17)15-6-5-12(2)13(3)9-15/h12-16H,4-11,17H2,1-3H3. The summed E-state index contributed by atoms with van der Waals surface area (Å²) >= 11 is 0. The van der Waals surface area contributed by atoms with Crippen molar-refractivity contribution in [3.8, 4) is 0 Å². The zero-order valence-electron chi connectivity index (χ0n) is 12.6. The number of hydrogen-bond donors (Lipinski definition) is 1. The fourth-order valence-electron chi connectivity index (χ4n) is 4.06. The van der Waals surface area contributed by atoms with Crippen LogP contribution < -0.4 is 5.73 Å². The molecule has 0 aromatic heterocycles. The Morgan fingerprint density at radius 2 is 1.83 bits per heavy atom. The van der Waals surface area contributed by atoms with Crippen molar-refractivity contribution in [2.24, 2.45) is 23.5 Å². The van der Waals surface area contributed by atoms with Crippen molar-refractivity contribution in [3.63, 3.8) is 0 Å². The molecule has 5 unspecified atom stereocenters. The van der Waals surface area contributed by atoms with Gasteiger partial charge in [-0.25, -0.2) is 0 Å². The van der Waals surface area contributed by atoms with Crippen molar-refractivity contribution in [2.75, 3.05) is 13.1 Å². The first-order valence-corrected chi connectivity index (χ1v) is 8.11. The van der Waals surface area contributed by atoms with Gasteiger partial charge in [-0.15, -0.1) is 0 Å². The van der Waals surface area contributed by atoms with Crippen molar-refractivity contribution >= 4 is 0 Å². The van der Waals surface area contributed by atoms with E-state index in [2.05, 4.69) is 25.7 Å². The molecule has 2 aliphatic rings. The maximum atomic E-state index is 6.04. The molecule has 0 amide bonds. The average Bonchev–Trinajstić information content (AvgIpc) is 2.41. The van der Waals surface area contributed by atoms with E-state index in [0.29, 0.717) is 6.04 Å². The molecule has 1 heterocycles. The van der Waals surface area contributed by atoms with Crippen LogP contribution in [-0.2, 0) is 0 Å². The van der Waals surface area contributed by atoms with Crippen LogP contribution in [0.1, 0.15) is 59.3 Å². The van der Waals surface area contributed by atoms with Crippen molar-refractivity contribution in [2.45, 2.75) is 71.4 Å². The van der Waals surface area contributed by atoms with Crippen LogP contribution in [0.4, 0.5) is 0 Å². The van der Waals surface area contributed by atoms with Crippen LogP contribution in [0.15, 0.2) is 0 Å². The summed E-state index contributed by atoms with van der Waals surface area (Å²) in [5.74, 6) is 2.74. The average molecular weight is 252 g/mol. The molecule has 2 heteroatoms. The highest BCUT2D eigenvalue weighted by Gasteiger charge is 2.35. The summed E-state index contributed by atoms with van der Waals surface area (Å²) in [6.45, 7) is 9.35. The lowest BCUT2D eigenvalue weighted by Gasteiger charge is -2.47. The molecular formula is C16H32N2. The van der Waals surface area contributed by atoms with E-state index in [1.165, 1.54) is 45.1 Å². The fourth-order valence-corrected chi connectivity index (χ4v) is 4.06. The first-order chi connectivity index (χ1) is 8.65. The Morgan fingerprint density at radius 1 is 1.06 bits per heavy atom. The van der Waals surface area contributed by atoms with E-state index in [1.807, 2.05) is 0 Å². The summed E-state index contributed by atoms with van der Waals surface area (Å²) in [5.41, 5.74) is 6.04. The van der Waals surface area contributed by atoms with Gasteiger partial charge in [-0.05, 0) is 56.4 Å². The third-order valence-electron chi connectivity index (χ3n) is 5.76. The molecule has 1 aliphatic heterocycles. The van der Waals surface area contributed by atoms with E-state index >= 15 is 0 Å². The molecule has 5 atom stereocenters. The molecule has 1 saturated carbocycles. The Hall–Kier alpha value is -0.0800. The lowest BCUT2D eigenvalue weighted by Crippen LogP contribution is -2.53. The van der Waals surface area contributed by atoms with E-state index in [4.69, 9.17) is 5.73 Å². The Morgan fingerprint density at radius 3 is 2.44 bits per heavy atom. The van der Waals surface area contributed by atoms with Gasteiger partial charge in [0.1, 0.15) is 0 Å². The minimum Gasteiger partial charge on any atom is -0.329 e. The first kappa shape index (κ1) is 14.3. The summed E-state index contributed by atoms with van der Waals surface area (Å²) in [7, 11) is 0. The minimum absolute atomic E-state index is 0.661. The maximum Gasteiger partial charge on any atom is 0.0223 e. The van der Waals surface area contributed by atoms with Crippen LogP contribution in [-0.4, -0.2) is 30.1 Å². The predicted molar refractivity (Wildman–Crippen MR) is 78.5 cm³/mol. The number of hydrogen-bond acceptors (Lipinski definition) is 2. The molecule has 1 aliphatic carbocycles. The number of nitrogens with two attached hydrogens (primary N) is 1. The largest absolute Gasteiger partial charge is 0.329 e. The van der Waals surface area contributed by atoms with Crippen LogP contribution in [0.3, 0.4) is 0 Å². The maximum absolute atomic E-state index is 6.04. The quantitative estimate of drug-likeness (QED) is 0.835. The smallest absolute Gasteiger partial charge is 0.0223 e. The van der Waals surface area contributed by atoms with Gasteiger partial charge in [0.2, 0.25) is 0 Å². The van der Waals surface area contributed by atoms with Crippen molar-refractivity contribution in [1.29, 1.82) is 0 Å². The Balaban J connectivity index is 1.95. The molecule has 2 rings (SSSR count). The molecule has 18 heavy (non-hydrogen) atoms. The normalized spacial score (nSPS) is 43.0. The molecule has 0 spiro atoms. The molecule has 0 aromatic rings. The van der Waals surface area contributed by atoms with Gasteiger partial charge in [0, 0.05) is 18.6 Å². The Labute approximate surface area is 113 Å². The lowest BCUT2D eigenvalue weighted by molar-refractivity contribution is 0.0324. The van der Waals surface area contributed by atoms with E-state index in [-0.39, 0.29) is 0 Å². The van der Waals surface area contributed by atoms with E-state index < -0.39 is 0 Å². The first-order valence-electron chi connectivity index (χ1n) is 8.11. The molecule has 0 aromatic carbocycles. The molecule has 2 fully saturated rings. The summed E-state index contributed by atoms with van der Waals surface area (Å²) in [5, 5.41) is 0. The van der Waals surface area contributed by atoms with Crippen LogP contribution in [0.2, 0.25) is 0 Å². The van der Waals surface area contributed by atoms with Crippen LogP contribution in [0.5, 0.6) is 0 Å². The topological polar surface area (TPSA) is 29.3 Å². The summed E-state index contributed by atoms with van der Waals surface area (Å²) in [6, 6.07) is 1.48. The second-order valence-electron chi connectivity index (χ2n) is 6.85. The van der Waals surface area contributed by atoms with Gasteiger partial charge in [-0.3, -0.25) is 4.90 Å². The van der Waals surface area contributed by atoms with Gasteiger partial charge >= 0.3 is 0 Å². The van der Waals surface area contributed by atoms with Gasteiger partial charge in [0.25, 0.3) is 0 Å². The van der Waals surface area contributed by atoms with Crippen molar-refractivity contribution in [1.82, 2.24) is 4.90 Å². The lowest BCUT2D eigenvalue weighted by atomic mass is 9.77. The molecule has 2 nitrogen and oxygen atoms in total. The molecular weight excluding hydrogens is 220 g/mol. The Kier molecular flexibility index (Phi) is 5.08. The van der Waals surface area contributed by atoms with Crippen LogP contribution in [0, 0.1) is 17.8 Å². The van der Waals surface area contributed by atoms with Crippen LogP contribution in [0.25, 0.3) is 0 Å². The van der Waals surface area contributed by atoms with Crippen molar-refractivity contribution in [3.05, 3.63) is 0 Å². The third-order valence-corrected chi connectivity index (χ3v) is 5.76. The van der Waals surface area contributed by atoms with Crippen molar-refractivity contribution < 1.29 is 0 Å². The molecule has 0 bridgehead atoms. The fraction of sp³-hybridized carbons (Fsp3) is 1.00. The van der Waals surface area contributed by atoms with E-state index in [9.17, 15) is 0 Å². The highest BCUT2D eigenvalue weighted by Crippen LogP contribution is 2.36. The predicted octanol–water partition coefficient (Wildman–Crippen LogP) is 3.26. The molecule has 1 saturated heterocycles. The van der Waals surface area contributed by atoms with Crippen LogP contribution >= 0.6 is 0 Å². The molecule has 0 radical (unpaired) electrons. The van der Waals surface area contributed by atoms with Gasteiger partial charge in [0.05, 0.1) is 0 Å². The van der Waals surface area contributed by atoms with E-state index in [0.717, 1.165) is 30.3 Å². The van der Waals surface area contributed by atoms with Gasteiger partial charge in [0.15, 0.2) is 0 Å². The zero-order valence-corrected chi connectivity index (χ0v) is 12.6. The second kappa shape index (κ2) is 6.38. The monoisotopic (exact) mass is 252 g/mol. The zero-order chi connectivity index (χ0) is 13.1. The molecule has 2 N–H and O–H groups in total. The number of likely N-dealkylation sites (tertiary alicyclic amines) is 1. The van der Waals surface area contributed by atoms with E-state index in [1.54, 1.807) is 0 Å². The summed E-state index contributed by atoms with van der Waals surface area (Å²) in [4.78, 5) is 2.77. The second-order valence-corrected chi connectivity index (χ2v) is 6.85. The van der Waals surface area contributed by atoms with Gasteiger partial charge < -0.3 is 5.73 Å². The number of nitrogens with zero attached hydrogens (tertiary/aromatic N) is 1. The number of rotatable bonds is 3. The Bertz CT molecular complexity index is 253. The van der Waals surface area contributed by atoms with Gasteiger partial charge in [-0.1, -0.05) is 27.2 Å².